The van der Waals surface area contributed by atoms with Gasteiger partial charge in [-0.25, -0.2) is 0 Å². The Hall–Kier alpha value is -3.54. The molecular formula is C25H18Cl2N2O3. The molecule has 7 heteroatoms. The maximum absolute atomic E-state index is 12.6. The van der Waals surface area contributed by atoms with Crippen LogP contribution in [-0.4, -0.2) is 11.8 Å². The summed E-state index contributed by atoms with van der Waals surface area (Å²) in [5.74, 6) is -0.424. The highest BCUT2D eigenvalue weighted by Crippen LogP contribution is 2.24. The summed E-state index contributed by atoms with van der Waals surface area (Å²) in [6.45, 7) is 1.84. The van der Waals surface area contributed by atoms with Gasteiger partial charge in [0.05, 0.1) is 0 Å². The number of rotatable bonds is 5. The van der Waals surface area contributed by atoms with E-state index in [1.807, 2.05) is 31.2 Å². The van der Waals surface area contributed by atoms with Crippen LogP contribution in [0.3, 0.4) is 0 Å². The predicted octanol–water partition coefficient (Wildman–Crippen LogP) is 6.95. The number of carbonyl (C=O) groups is 2. The van der Waals surface area contributed by atoms with Gasteiger partial charge < -0.3 is 15.1 Å². The number of hydrogen-bond acceptors (Lipinski definition) is 3. The van der Waals surface area contributed by atoms with Crippen molar-refractivity contribution in [2.45, 2.75) is 6.92 Å². The highest BCUT2D eigenvalue weighted by molar-refractivity contribution is 6.35. The third-order valence-electron chi connectivity index (χ3n) is 4.77. The van der Waals surface area contributed by atoms with Crippen molar-refractivity contribution in [2.24, 2.45) is 0 Å². The van der Waals surface area contributed by atoms with E-state index in [1.165, 1.54) is 6.08 Å². The number of hydrogen-bond donors (Lipinski definition) is 2. The summed E-state index contributed by atoms with van der Waals surface area (Å²) in [4.78, 5) is 24.8. The molecule has 0 saturated heterocycles. The van der Waals surface area contributed by atoms with Crippen molar-refractivity contribution in [3.63, 3.8) is 0 Å². The minimum absolute atomic E-state index is 0.231. The van der Waals surface area contributed by atoms with Crippen LogP contribution in [0.15, 0.2) is 77.2 Å². The highest BCUT2D eigenvalue weighted by atomic mass is 35.5. The molecule has 0 aliphatic rings. The SMILES string of the molecule is Cc1cc(NC(=O)/C=C/c2ccc(Cl)cc2Cl)ccc1NC(=O)c1cc2ccccc2o1. The second-order valence-electron chi connectivity index (χ2n) is 7.12. The van der Waals surface area contributed by atoms with Crippen LogP contribution in [0.25, 0.3) is 17.0 Å². The first-order valence-corrected chi connectivity index (χ1v) is 10.5. The fourth-order valence-electron chi connectivity index (χ4n) is 3.15. The summed E-state index contributed by atoms with van der Waals surface area (Å²) in [5.41, 5.74) is 3.35. The van der Waals surface area contributed by atoms with Crippen LogP contribution in [0, 0.1) is 6.92 Å². The maximum atomic E-state index is 12.6. The fraction of sp³-hybridized carbons (Fsp3) is 0.0400. The van der Waals surface area contributed by atoms with Crippen LogP contribution in [0.5, 0.6) is 0 Å². The lowest BCUT2D eigenvalue weighted by molar-refractivity contribution is -0.111. The molecule has 0 saturated carbocycles. The third-order valence-corrected chi connectivity index (χ3v) is 5.33. The monoisotopic (exact) mass is 464 g/mol. The predicted molar refractivity (Wildman–Crippen MR) is 129 cm³/mol. The summed E-state index contributed by atoms with van der Waals surface area (Å²) < 4.78 is 5.60. The van der Waals surface area contributed by atoms with Crippen molar-refractivity contribution in [1.82, 2.24) is 0 Å². The smallest absolute Gasteiger partial charge is 0.291 e. The molecule has 0 spiro atoms. The Morgan fingerprint density at radius 2 is 1.75 bits per heavy atom. The van der Waals surface area contributed by atoms with Gasteiger partial charge in [-0.2, -0.15) is 0 Å². The van der Waals surface area contributed by atoms with Crippen LogP contribution in [0.1, 0.15) is 21.7 Å². The number of amides is 2. The van der Waals surface area contributed by atoms with E-state index in [-0.39, 0.29) is 17.6 Å². The number of aryl methyl sites for hydroxylation is 1. The van der Waals surface area contributed by atoms with Gasteiger partial charge in [-0.3, -0.25) is 9.59 Å². The van der Waals surface area contributed by atoms with Gasteiger partial charge in [0.15, 0.2) is 5.76 Å². The van der Waals surface area contributed by atoms with Crippen molar-refractivity contribution in [1.29, 1.82) is 0 Å². The molecule has 0 atom stereocenters. The molecule has 4 rings (SSSR count). The van der Waals surface area contributed by atoms with Gasteiger partial charge in [0.1, 0.15) is 5.58 Å². The van der Waals surface area contributed by atoms with Gasteiger partial charge >= 0.3 is 0 Å². The molecule has 1 heterocycles. The van der Waals surface area contributed by atoms with E-state index in [2.05, 4.69) is 10.6 Å². The number of furan rings is 1. The summed E-state index contributed by atoms with van der Waals surface area (Å²) in [6, 6.07) is 19.4. The molecule has 0 fully saturated rings. The van der Waals surface area contributed by atoms with Gasteiger partial charge in [0.2, 0.25) is 5.91 Å². The number of benzene rings is 3. The Morgan fingerprint density at radius 3 is 2.50 bits per heavy atom. The minimum atomic E-state index is -0.344. The Bertz CT molecular complexity index is 1330. The second-order valence-corrected chi connectivity index (χ2v) is 7.96. The van der Waals surface area contributed by atoms with E-state index < -0.39 is 0 Å². The molecule has 3 aromatic carbocycles. The average molecular weight is 465 g/mol. The van der Waals surface area contributed by atoms with E-state index in [4.69, 9.17) is 27.6 Å². The fourth-order valence-corrected chi connectivity index (χ4v) is 3.62. The minimum Gasteiger partial charge on any atom is -0.451 e. The topological polar surface area (TPSA) is 71.3 Å². The zero-order valence-electron chi connectivity index (χ0n) is 17.0. The Kier molecular flexibility index (Phi) is 6.30. The lowest BCUT2D eigenvalue weighted by Crippen LogP contribution is -2.12. The van der Waals surface area contributed by atoms with Crippen LogP contribution in [0.4, 0.5) is 11.4 Å². The summed E-state index contributed by atoms with van der Waals surface area (Å²) in [7, 11) is 0. The van der Waals surface area contributed by atoms with Gasteiger partial charge in [-0.15, -0.1) is 0 Å². The molecule has 0 aliphatic heterocycles. The van der Waals surface area contributed by atoms with Gasteiger partial charge in [-0.1, -0.05) is 47.5 Å². The zero-order valence-corrected chi connectivity index (χ0v) is 18.5. The van der Waals surface area contributed by atoms with Crippen LogP contribution in [0.2, 0.25) is 10.0 Å². The molecule has 0 radical (unpaired) electrons. The molecule has 1 aromatic heterocycles. The molecule has 5 nitrogen and oxygen atoms in total. The Balaban J connectivity index is 1.41. The quantitative estimate of drug-likeness (QED) is 0.313. The van der Waals surface area contributed by atoms with Crippen molar-refractivity contribution < 1.29 is 14.0 Å². The Morgan fingerprint density at radius 1 is 0.938 bits per heavy atom. The van der Waals surface area contributed by atoms with E-state index >= 15 is 0 Å². The number of para-hydroxylation sites is 1. The number of carbonyl (C=O) groups excluding carboxylic acids is 2. The van der Waals surface area contributed by atoms with Crippen LogP contribution < -0.4 is 10.6 Å². The van der Waals surface area contributed by atoms with Crippen LogP contribution in [-0.2, 0) is 4.79 Å². The maximum Gasteiger partial charge on any atom is 0.291 e. The second kappa shape index (κ2) is 9.30. The molecule has 160 valence electrons. The molecule has 2 amide bonds. The van der Waals surface area contributed by atoms with E-state index in [0.717, 1.165) is 10.9 Å². The van der Waals surface area contributed by atoms with Gasteiger partial charge in [-0.05, 0) is 66.6 Å². The number of anilines is 2. The number of fused-ring (bicyclic) bond motifs is 1. The molecule has 0 bridgehead atoms. The third kappa shape index (κ3) is 5.02. The number of nitrogens with one attached hydrogen (secondary N) is 2. The molecule has 4 aromatic rings. The van der Waals surface area contributed by atoms with Crippen molar-refractivity contribution in [3.8, 4) is 0 Å². The first-order valence-electron chi connectivity index (χ1n) is 9.74. The summed E-state index contributed by atoms with van der Waals surface area (Å²) >= 11 is 12.0. The van der Waals surface area contributed by atoms with E-state index in [1.54, 1.807) is 48.5 Å². The standard InChI is InChI=1S/C25H18Cl2N2O3/c1-15-12-19(28-24(30)11-7-16-6-8-18(26)14-20(16)27)9-10-21(15)29-25(31)23-13-17-4-2-3-5-22(17)32-23/h2-14H,1H3,(H,28,30)(H,29,31)/b11-7+. The van der Waals surface area contributed by atoms with Gasteiger partial charge in [0.25, 0.3) is 5.91 Å². The zero-order chi connectivity index (χ0) is 22.7. The Labute approximate surface area is 194 Å². The van der Waals surface area contributed by atoms with Crippen molar-refractivity contribution >= 4 is 63.4 Å². The molecular weight excluding hydrogens is 447 g/mol. The lowest BCUT2D eigenvalue weighted by atomic mass is 10.1. The van der Waals surface area contributed by atoms with Crippen molar-refractivity contribution in [2.75, 3.05) is 10.6 Å². The first-order chi connectivity index (χ1) is 15.4. The molecule has 0 aliphatic carbocycles. The van der Waals surface area contributed by atoms with Crippen molar-refractivity contribution in [3.05, 3.63) is 99.7 Å². The van der Waals surface area contributed by atoms with E-state index in [9.17, 15) is 9.59 Å². The molecule has 32 heavy (non-hydrogen) atoms. The highest BCUT2D eigenvalue weighted by Gasteiger charge is 2.13. The molecule has 0 unspecified atom stereocenters. The summed E-state index contributed by atoms with van der Waals surface area (Å²) in [6.07, 6.45) is 3.00. The van der Waals surface area contributed by atoms with Gasteiger partial charge in [0, 0.05) is 32.9 Å². The molecule has 2 N–H and O–H groups in total. The largest absolute Gasteiger partial charge is 0.451 e. The normalized spacial score (nSPS) is 11.1. The lowest BCUT2D eigenvalue weighted by Gasteiger charge is -2.10. The average Bonchev–Trinajstić information content (AvgIpc) is 3.19. The van der Waals surface area contributed by atoms with Crippen LogP contribution >= 0.6 is 23.2 Å². The number of halogens is 2. The van der Waals surface area contributed by atoms with E-state index in [0.29, 0.717) is 32.6 Å². The summed E-state index contributed by atoms with van der Waals surface area (Å²) in [5, 5.41) is 7.48. The first kappa shape index (κ1) is 21.7.